The number of nitrogens with one attached hydrogen (secondary N) is 2. The van der Waals surface area contributed by atoms with Gasteiger partial charge in [0.05, 0.1) is 5.92 Å². The Morgan fingerprint density at radius 2 is 2.12 bits per heavy atom. The molecule has 2 aliphatic rings. The fourth-order valence-electron chi connectivity index (χ4n) is 2.43. The lowest BCUT2D eigenvalue weighted by Gasteiger charge is -2.25. The highest BCUT2D eigenvalue weighted by atomic mass is 16.1. The van der Waals surface area contributed by atoms with Crippen LogP contribution in [-0.2, 0) is 4.79 Å². The van der Waals surface area contributed by atoms with Gasteiger partial charge in [-0.15, -0.1) is 0 Å². The average Bonchev–Trinajstić information content (AvgIpc) is 3.19. The largest absolute Gasteiger partial charge is 0.385 e. The van der Waals surface area contributed by atoms with Gasteiger partial charge in [0, 0.05) is 18.8 Å². The molecule has 0 bridgehead atoms. The average molecular weight is 230 g/mol. The van der Waals surface area contributed by atoms with Crippen molar-refractivity contribution in [1.29, 1.82) is 0 Å². The second-order valence-corrected chi connectivity index (χ2v) is 5.04. The first-order valence-electron chi connectivity index (χ1n) is 6.45. The Morgan fingerprint density at radius 1 is 1.29 bits per heavy atom. The molecule has 1 aliphatic carbocycles. The van der Waals surface area contributed by atoms with Gasteiger partial charge in [-0.1, -0.05) is 18.2 Å². The lowest BCUT2D eigenvalue weighted by molar-refractivity contribution is -0.122. The van der Waals surface area contributed by atoms with Crippen molar-refractivity contribution in [2.24, 2.45) is 5.92 Å². The van der Waals surface area contributed by atoms with Crippen LogP contribution in [0.25, 0.3) is 0 Å². The Kier molecular flexibility index (Phi) is 2.75. The van der Waals surface area contributed by atoms with Crippen LogP contribution in [0.1, 0.15) is 30.7 Å². The highest BCUT2D eigenvalue weighted by molar-refractivity contribution is 5.86. The van der Waals surface area contributed by atoms with Crippen molar-refractivity contribution in [2.45, 2.75) is 25.2 Å². The zero-order valence-corrected chi connectivity index (χ0v) is 9.91. The van der Waals surface area contributed by atoms with Gasteiger partial charge in [0.2, 0.25) is 5.91 Å². The van der Waals surface area contributed by atoms with Crippen LogP contribution in [0.2, 0.25) is 0 Å². The van der Waals surface area contributed by atoms with Crippen LogP contribution in [0.4, 0.5) is 5.69 Å². The molecule has 0 aromatic heterocycles. The molecule has 1 saturated carbocycles. The molecule has 1 amide bonds. The summed E-state index contributed by atoms with van der Waals surface area (Å²) in [4.78, 5) is 12.2. The molecule has 17 heavy (non-hydrogen) atoms. The standard InChI is InChI=1S/C14H18N2O/c17-14(16-9-10-5-6-10)12-7-8-15-13-4-2-1-3-11(12)13/h1-4,10,12,15H,5-9H2,(H,16,17). The Hall–Kier alpha value is -1.51. The molecule has 1 atom stereocenters. The summed E-state index contributed by atoms with van der Waals surface area (Å²) < 4.78 is 0. The van der Waals surface area contributed by atoms with E-state index >= 15 is 0 Å². The summed E-state index contributed by atoms with van der Waals surface area (Å²) in [5, 5.41) is 6.43. The SMILES string of the molecule is O=C(NCC1CC1)C1CCNc2ccccc21. The number of carbonyl (C=O) groups excluding carboxylic acids is 1. The first-order valence-corrected chi connectivity index (χ1v) is 6.45. The first-order chi connectivity index (χ1) is 8.34. The predicted molar refractivity (Wildman–Crippen MR) is 68.0 cm³/mol. The predicted octanol–water partition coefficient (Wildman–Crippen LogP) is 2.11. The number of anilines is 1. The van der Waals surface area contributed by atoms with Gasteiger partial charge in [0.15, 0.2) is 0 Å². The van der Waals surface area contributed by atoms with E-state index in [2.05, 4.69) is 22.8 Å². The van der Waals surface area contributed by atoms with Gasteiger partial charge >= 0.3 is 0 Å². The minimum Gasteiger partial charge on any atom is -0.385 e. The van der Waals surface area contributed by atoms with Crippen molar-refractivity contribution in [3.63, 3.8) is 0 Å². The van der Waals surface area contributed by atoms with Gasteiger partial charge in [-0.2, -0.15) is 0 Å². The molecule has 0 radical (unpaired) electrons. The number of benzene rings is 1. The Bertz CT molecular complexity index is 426. The zero-order chi connectivity index (χ0) is 11.7. The highest BCUT2D eigenvalue weighted by Crippen LogP contribution is 2.32. The van der Waals surface area contributed by atoms with E-state index in [1.54, 1.807) is 0 Å². The van der Waals surface area contributed by atoms with E-state index in [4.69, 9.17) is 0 Å². The smallest absolute Gasteiger partial charge is 0.227 e. The second kappa shape index (κ2) is 4.40. The molecule has 2 N–H and O–H groups in total. The fraction of sp³-hybridized carbons (Fsp3) is 0.500. The summed E-state index contributed by atoms with van der Waals surface area (Å²) in [6.45, 7) is 1.75. The molecule has 3 nitrogen and oxygen atoms in total. The third-order valence-electron chi connectivity index (χ3n) is 3.66. The number of rotatable bonds is 3. The van der Waals surface area contributed by atoms with Gasteiger partial charge in [0.25, 0.3) is 0 Å². The van der Waals surface area contributed by atoms with Crippen LogP contribution in [-0.4, -0.2) is 19.0 Å². The number of amides is 1. The molecule has 1 aromatic rings. The molecule has 90 valence electrons. The van der Waals surface area contributed by atoms with E-state index in [-0.39, 0.29) is 11.8 Å². The van der Waals surface area contributed by atoms with E-state index in [1.807, 2.05) is 12.1 Å². The molecule has 1 aromatic carbocycles. The molecule has 1 aliphatic heterocycles. The topological polar surface area (TPSA) is 41.1 Å². The summed E-state index contributed by atoms with van der Waals surface area (Å²) in [6.07, 6.45) is 3.46. The van der Waals surface area contributed by atoms with Crippen molar-refractivity contribution in [3.8, 4) is 0 Å². The van der Waals surface area contributed by atoms with Crippen molar-refractivity contribution < 1.29 is 4.79 Å². The highest BCUT2D eigenvalue weighted by Gasteiger charge is 2.28. The van der Waals surface area contributed by atoms with Crippen molar-refractivity contribution in [3.05, 3.63) is 29.8 Å². The zero-order valence-electron chi connectivity index (χ0n) is 9.91. The number of fused-ring (bicyclic) bond motifs is 1. The monoisotopic (exact) mass is 230 g/mol. The summed E-state index contributed by atoms with van der Waals surface area (Å²) in [6, 6.07) is 8.13. The van der Waals surface area contributed by atoms with Crippen LogP contribution >= 0.6 is 0 Å². The molecule has 3 heteroatoms. The summed E-state index contributed by atoms with van der Waals surface area (Å²) >= 11 is 0. The Morgan fingerprint density at radius 3 is 2.94 bits per heavy atom. The minimum absolute atomic E-state index is 0.0335. The fourth-order valence-corrected chi connectivity index (χ4v) is 2.43. The molecular formula is C14H18N2O. The quantitative estimate of drug-likeness (QED) is 0.835. The number of hydrogen-bond acceptors (Lipinski definition) is 2. The molecule has 1 heterocycles. The van der Waals surface area contributed by atoms with Crippen LogP contribution in [0.5, 0.6) is 0 Å². The Labute approximate surface area is 102 Å². The maximum absolute atomic E-state index is 12.2. The van der Waals surface area contributed by atoms with Crippen molar-refractivity contribution >= 4 is 11.6 Å². The van der Waals surface area contributed by atoms with Crippen LogP contribution in [0.3, 0.4) is 0 Å². The van der Waals surface area contributed by atoms with Crippen LogP contribution in [0.15, 0.2) is 24.3 Å². The maximum Gasteiger partial charge on any atom is 0.227 e. The molecule has 3 rings (SSSR count). The minimum atomic E-state index is 0.0335. The Balaban J connectivity index is 1.72. The van der Waals surface area contributed by atoms with E-state index in [1.165, 1.54) is 12.8 Å². The van der Waals surface area contributed by atoms with E-state index < -0.39 is 0 Å². The summed E-state index contributed by atoms with van der Waals surface area (Å²) in [5.74, 6) is 0.980. The molecule has 0 saturated heterocycles. The van der Waals surface area contributed by atoms with E-state index in [0.717, 1.165) is 36.7 Å². The first kappa shape index (κ1) is 10.6. The van der Waals surface area contributed by atoms with Gasteiger partial charge < -0.3 is 10.6 Å². The van der Waals surface area contributed by atoms with Gasteiger partial charge in [-0.25, -0.2) is 0 Å². The molecule has 1 unspecified atom stereocenters. The number of para-hydroxylation sites is 1. The third kappa shape index (κ3) is 2.28. The molecule has 0 spiro atoms. The second-order valence-electron chi connectivity index (χ2n) is 5.04. The van der Waals surface area contributed by atoms with Gasteiger partial charge in [-0.3, -0.25) is 4.79 Å². The number of carbonyl (C=O) groups is 1. The lowest BCUT2D eigenvalue weighted by atomic mass is 9.90. The maximum atomic E-state index is 12.2. The van der Waals surface area contributed by atoms with Gasteiger partial charge in [0.1, 0.15) is 0 Å². The van der Waals surface area contributed by atoms with Crippen LogP contribution in [0, 0.1) is 5.92 Å². The van der Waals surface area contributed by atoms with E-state index in [0.29, 0.717) is 0 Å². The number of hydrogen-bond donors (Lipinski definition) is 2. The summed E-state index contributed by atoms with van der Waals surface area (Å²) in [7, 11) is 0. The van der Waals surface area contributed by atoms with Crippen LogP contribution < -0.4 is 10.6 Å². The lowest BCUT2D eigenvalue weighted by Crippen LogP contribution is -2.34. The van der Waals surface area contributed by atoms with Gasteiger partial charge in [-0.05, 0) is 36.8 Å². The third-order valence-corrected chi connectivity index (χ3v) is 3.66. The molecular weight excluding hydrogens is 212 g/mol. The summed E-state index contributed by atoms with van der Waals surface area (Å²) in [5.41, 5.74) is 2.26. The normalized spacial score (nSPS) is 22.5. The van der Waals surface area contributed by atoms with Crippen molar-refractivity contribution in [2.75, 3.05) is 18.4 Å². The van der Waals surface area contributed by atoms with E-state index in [9.17, 15) is 4.79 Å². The van der Waals surface area contributed by atoms with Crippen molar-refractivity contribution in [1.82, 2.24) is 5.32 Å². The molecule has 1 fully saturated rings.